The highest BCUT2D eigenvalue weighted by Crippen LogP contribution is 2.27. The van der Waals surface area contributed by atoms with Crippen molar-refractivity contribution < 1.29 is 0 Å². The minimum absolute atomic E-state index is 0.836. The second kappa shape index (κ2) is 6.42. The van der Waals surface area contributed by atoms with Gasteiger partial charge in [-0.3, -0.25) is 0 Å². The standard InChI is InChI=1S/C13H14BrN/c1-2-3-7-12(10-15)13(14)11-8-5-4-6-9-11/h4-6,8-9H,2-3,7H2,1H3/b13-12-. The zero-order chi connectivity index (χ0) is 11.1. The lowest BCUT2D eigenvalue weighted by Gasteiger charge is -2.03. The molecule has 1 rings (SSSR count). The highest BCUT2D eigenvalue weighted by atomic mass is 79.9. The molecule has 0 aliphatic heterocycles. The summed E-state index contributed by atoms with van der Waals surface area (Å²) in [6, 6.07) is 12.2. The summed E-state index contributed by atoms with van der Waals surface area (Å²) in [6.45, 7) is 2.13. The van der Waals surface area contributed by atoms with Crippen LogP contribution in [0, 0.1) is 11.3 Å². The van der Waals surface area contributed by atoms with Crippen molar-refractivity contribution in [2.24, 2.45) is 0 Å². The summed E-state index contributed by atoms with van der Waals surface area (Å²) in [5.41, 5.74) is 1.91. The van der Waals surface area contributed by atoms with Gasteiger partial charge in [-0.15, -0.1) is 0 Å². The normalized spacial score (nSPS) is 11.8. The van der Waals surface area contributed by atoms with Crippen LogP contribution in [0.5, 0.6) is 0 Å². The molecule has 0 aromatic heterocycles. The van der Waals surface area contributed by atoms with Crippen LogP contribution in [-0.2, 0) is 0 Å². The van der Waals surface area contributed by atoms with Gasteiger partial charge in [0.15, 0.2) is 0 Å². The van der Waals surface area contributed by atoms with Crippen LogP contribution in [0.25, 0.3) is 4.48 Å². The first-order chi connectivity index (χ1) is 7.29. The van der Waals surface area contributed by atoms with Crippen molar-refractivity contribution in [3.63, 3.8) is 0 Å². The minimum atomic E-state index is 0.836. The number of hydrogen-bond acceptors (Lipinski definition) is 1. The Kier molecular flexibility index (Phi) is 5.14. The van der Waals surface area contributed by atoms with Crippen LogP contribution in [0.1, 0.15) is 31.7 Å². The van der Waals surface area contributed by atoms with E-state index in [0.29, 0.717) is 0 Å². The van der Waals surface area contributed by atoms with E-state index in [0.717, 1.165) is 34.9 Å². The number of benzene rings is 1. The first-order valence-electron chi connectivity index (χ1n) is 5.13. The Morgan fingerprint density at radius 3 is 2.53 bits per heavy atom. The Bertz CT molecular complexity index is 373. The molecule has 0 aliphatic carbocycles. The zero-order valence-corrected chi connectivity index (χ0v) is 10.4. The van der Waals surface area contributed by atoms with Gasteiger partial charge in [-0.2, -0.15) is 5.26 Å². The Morgan fingerprint density at radius 1 is 1.33 bits per heavy atom. The number of halogens is 1. The molecule has 15 heavy (non-hydrogen) atoms. The average Bonchev–Trinajstić information content (AvgIpc) is 2.31. The molecule has 0 amide bonds. The van der Waals surface area contributed by atoms with Crippen LogP contribution in [-0.4, -0.2) is 0 Å². The maximum atomic E-state index is 9.05. The van der Waals surface area contributed by atoms with Crippen molar-refractivity contribution in [1.29, 1.82) is 5.26 Å². The molecule has 1 nitrogen and oxygen atoms in total. The van der Waals surface area contributed by atoms with Crippen LogP contribution in [0.15, 0.2) is 35.9 Å². The van der Waals surface area contributed by atoms with Gasteiger partial charge in [0.1, 0.15) is 0 Å². The molecule has 0 heterocycles. The van der Waals surface area contributed by atoms with Gasteiger partial charge in [-0.1, -0.05) is 43.7 Å². The highest BCUT2D eigenvalue weighted by molar-refractivity contribution is 9.15. The molecular formula is C13H14BrN. The Balaban J connectivity index is 2.92. The quantitative estimate of drug-likeness (QED) is 0.734. The molecule has 0 N–H and O–H groups in total. The van der Waals surface area contributed by atoms with Crippen LogP contribution in [0.4, 0.5) is 0 Å². The SMILES string of the molecule is CCCC/C(C#N)=C(/Br)c1ccccc1. The molecule has 0 aliphatic rings. The molecule has 0 saturated heterocycles. The highest BCUT2D eigenvalue weighted by Gasteiger charge is 2.05. The number of unbranched alkanes of at least 4 members (excludes halogenated alkanes) is 1. The molecule has 0 atom stereocenters. The van der Waals surface area contributed by atoms with Crippen molar-refractivity contribution in [2.75, 3.05) is 0 Å². The van der Waals surface area contributed by atoms with Gasteiger partial charge < -0.3 is 0 Å². The van der Waals surface area contributed by atoms with Crippen LogP contribution >= 0.6 is 15.9 Å². The third-order valence-corrected chi connectivity index (χ3v) is 3.14. The summed E-state index contributed by atoms with van der Waals surface area (Å²) in [4.78, 5) is 0. The van der Waals surface area contributed by atoms with Crippen LogP contribution in [0.2, 0.25) is 0 Å². The predicted molar refractivity (Wildman–Crippen MR) is 67.4 cm³/mol. The largest absolute Gasteiger partial charge is 0.193 e. The summed E-state index contributed by atoms with van der Waals surface area (Å²) in [5.74, 6) is 0. The number of nitriles is 1. The molecule has 0 bridgehead atoms. The van der Waals surface area contributed by atoms with Gasteiger partial charge >= 0.3 is 0 Å². The molecule has 0 spiro atoms. The first kappa shape index (κ1) is 12.0. The van der Waals surface area contributed by atoms with E-state index in [9.17, 15) is 0 Å². The molecule has 78 valence electrons. The minimum Gasteiger partial charge on any atom is -0.193 e. The molecule has 0 radical (unpaired) electrons. The van der Waals surface area contributed by atoms with Gasteiger partial charge in [0.25, 0.3) is 0 Å². The zero-order valence-electron chi connectivity index (χ0n) is 8.83. The summed E-state index contributed by atoms with van der Waals surface area (Å²) >= 11 is 3.50. The maximum Gasteiger partial charge on any atom is 0.0959 e. The third-order valence-electron chi connectivity index (χ3n) is 2.21. The second-order valence-electron chi connectivity index (χ2n) is 3.37. The summed E-state index contributed by atoms with van der Waals surface area (Å²) in [5, 5.41) is 9.05. The smallest absolute Gasteiger partial charge is 0.0959 e. The Hall–Kier alpha value is -1.07. The van der Waals surface area contributed by atoms with Gasteiger partial charge in [0.05, 0.1) is 6.07 Å². The predicted octanol–water partition coefficient (Wildman–Crippen LogP) is 4.51. The number of hydrogen-bond donors (Lipinski definition) is 0. The van der Waals surface area contributed by atoms with E-state index < -0.39 is 0 Å². The number of rotatable bonds is 4. The van der Waals surface area contributed by atoms with E-state index in [1.807, 2.05) is 30.3 Å². The lowest BCUT2D eigenvalue weighted by Crippen LogP contribution is -1.85. The van der Waals surface area contributed by atoms with Crippen molar-refractivity contribution in [2.45, 2.75) is 26.2 Å². The summed E-state index contributed by atoms with van der Waals surface area (Å²) < 4.78 is 0.930. The van der Waals surface area contributed by atoms with Crippen molar-refractivity contribution in [3.8, 4) is 6.07 Å². The van der Waals surface area contributed by atoms with Crippen molar-refractivity contribution >= 4 is 20.4 Å². The third kappa shape index (κ3) is 3.53. The lowest BCUT2D eigenvalue weighted by atomic mass is 10.1. The first-order valence-corrected chi connectivity index (χ1v) is 5.93. The van der Waals surface area contributed by atoms with Gasteiger partial charge in [-0.25, -0.2) is 0 Å². The van der Waals surface area contributed by atoms with Crippen LogP contribution < -0.4 is 0 Å². The number of nitrogens with zero attached hydrogens (tertiary/aromatic N) is 1. The van der Waals surface area contributed by atoms with Gasteiger partial charge in [0, 0.05) is 10.1 Å². The average molecular weight is 264 g/mol. The van der Waals surface area contributed by atoms with Gasteiger partial charge in [0.2, 0.25) is 0 Å². The second-order valence-corrected chi connectivity index (χ2v) is 4.17. The maximum absolute atomic E-state index is 9.05. The van der Waals surface area contributed by atoms with E-state index in [2.05, 4.69) is 28.9 Å². The van der Waals surface area contributed by atoms with E-state index in [-0.39, 0.29) is 0 Å². The number of allylic oxidation sites excluding steroid dienone is 1. The fourth-order valence-corrected chi connectivity index (χ4v) is 1.88. The molecular weight excluding hydrogens is 250 g/mol. The Morgan fingerprint density at radius 2 is 2.00 bits per heavy atom. The monoisotopic (exact) mass is 263 g/mol. The van der Waals surface area contributed by atoms with E-state index in [4.69, 9.17) is 5.26 Å². The fraction of sp³-hybridized carbons (Fsp3) is 0.308. The summed E-state index contributed by atoms with van der Waals surface area (Å²) in [6.07, 6.45) is 3.02. The molecule has 1 aromatic rings. The van der Waals surface area contributed by atoms with Crippen molar-refractivity contribution in [3.05, 3.63) is 41.5 Å². The molecule has 2 heteroatoms. The fourth-order valence-electron chi connectivity index (χ4n) is 1.33. The van der Waals surface area contributed by atoms with Gasteiger partial charge in [-0.05, 0) is 34.3 Å². The summed E-state index contributed by atoms with van der Waals surface area (Å²) in [7, 11) is 0. The van der Waals surface area contributed by atoms with E-state index >= 15 is 0 Å². The lowest BCUT2D eigenvalue weighted by molar-refractivity contribution is 0.802. The topological polar surface area (TPSA) is 23.8 Å². The molecule has 0 saturated carbocycles. The Labute approximate surface area is 99.6 Å². The molecule has 0 unspecified atom stereocenters. The van der Waals surface area contributed by atoms with E-state index in [1.54, 1.807) is 0 Å². The molecule has 0 fully saturated rings. The van der Waals surface area contributed by atoms with Crippen molar-refractivity contribution in [1.82, 2.24) is 0 Å². The van der Waals surface area contributed by atoms with Crippen LogP contribution in [0.3, 0.4) is 0 Å². The molecule has 1 aromatic carbocycles. The van der Waals surface area contributed by atoms with E-state index in [1.165, 1.54) is 0 Å².